The number of hydrogen-bond acceptors (Lipinski definition) is 2. The van der Waals surface area contributed by atoms with E-state index in [0.29, 0.717) is 12.0 Å². The molecule has 0 aliphatic carbocycles. The van der Waals surface area contributed by atoms with Gasteiger partial charge in [-0.05, 0) is 37.3 Å². The van der Waals surface area contributed by atoms with Gasteiger partial charge in [-0.25, -0.2) is 4.39 Å². The Morgan fingerprint density at radius 3 is 3.00 bits per heavy atom. The van der Waals surface area contributed by atoms with Crippen molar-refractivity contribution in [3.63, 3.8) is 0 Å². The van der Waals surface area contributed by atoms with E-state index >= 15 is 0 Å². The lowest BCUT2D eigenvalue weighted by Gasteiger charge is -2.22. The lowest BCUT2D eigenvalue weighted by molar-refractivity contribution is -0.119. The van der Waals surface area contributed by atoms with Gasteiger partial charge >= 0.3 is 0 Å². The maximum atomic E-state index is 13.2. The molecule has 0 saturated carbocycles. The molecule has 4 heteroatoms. The van der Waals surface area contributed by atoms with Crippen LogP contribution >= 0.6 is 11.6 Å². The zero-order valence-electron chi connectivity index (χ0n) is 10.8. The van der Waals surface area contributed by atoms with Gasteiger partial charge in [0.2, 0.25) is 0 Å². The van der Waals surface area contributed by atoms with Crippen LogP contribution in [0, 0.1) is 5.82 Å². The number of Topliss-reactive ketones (excluding diaryl/α,β-unsaturated/α-hetero) is 1. The number of carbonyl (C=O) groups is 1. The second-order valence-electron chi connectivity index (χ2n) is 4.96. The van der Waals surface area contributed by atoms with Crippen LogP contribution in [0.3, 0.4) is 0 Å². The summed E-state index contributed by atoms with van der Waals surface area (Å²) in [6, 6.07) is 4.57. The summed E-state index contributed by atoms with van der Waals surface area (Å²) >= 11 is 5.83. The number of carbonyl (C=O) groups excluding carboxylic acids is 1. The van der Waals surface area contributed by atoms with Crippen LogP contribution in [-0.4, -0.2) is 18.5 Å². The predicted octanol–water partition coefficient (Wildman–Crippen LogP) is 3.94. The number of hydrogen-bond donors (Lipinski definition) is 0. The van der Waals surface area contributed by atoms with E-state index in [1.54, 1.807) is 12.1 Å². The Bertz CT molecular complexity index is 442. The van der Waals surface area contributed by atoms with Gasteiger partial charge in [0.05, 0.1) is 11.1 Å². The van der Waals surface area contributed by atoms with Crippen molar-refractivity contribution in [1.29, 1.82) is 0 Å². The normalized spacial score (nSPS) is 19.4. The molecule has 0 spiro atoms. The molecule has 1 saturated heterocycles. The van der Waals surface area contributed by atoms with E-state index in [1.807, 2.05) is 0 Å². The quantitative estimate of drug-likeness (QED) is 0.819. The van der Waals surface area contributed by atoms with Crippen molar-refractivity contribution < 1.29 is 13.9 Å². The minimum atomic E-state index is -0.470. The highest BCUT2D eigenvalue weighted by molar-refractivity contribution is 6.31. The maximum absolute atomic E-state index is 13.2. The van der Waals surface area contributed by atoms with Gasteiger partial charge < -0.3 is 4.74 Å². The fourth-order valence-electron chi connectivity index (χ4n) is 2.34. The third-order valence-corrected chi connectivity index (χ3v) is 3.86. The standard InChI is InChI=1S/C15H18ClFO2/c16-15-11(4-3-6-14(15)17)10-12(18)7-8-13-5-1-2-9-19-13/h3-4,6,13H,1-2,5,7-10H2. The third-order valence-electron chi connectivity index (χ3n) is 3.44. The van der Waals surface area contributed by atoms with Crippen molar-refractivity contribution >= 4 is 17.4 Å². The maximum Gasteiger partial charge on any atom is 0.142 e. The lowest BCUT2D eigenvalue weighted by atomic mass is 10.0. The van der Waals surface area contributed by atoms with Crippen LogP contribution in [0.2, 0.25) is 5.02 Å². The van der Waals surface area contributed by atoms with Gasteiger partial charge in [-0.1, -0.05) is 23.7 Å². The third kappa shape index (κ3) is 4.29. The summed E-state index contributed by atoms with van der Waals surface area (Å²) in [5, 5.41) is 0.0600. The molecular weight excluding hydrogens is 267 g/mol. The van der Waals surface area contributed by atoms with Crippen molar-refractivity contribution in [2.24, 2.45) is 0 Å². The number of halogens is 2. The van der Waals surface area contributed by atoms with Crippen LogP contribution in [0.1, 0.15) is 37.7 Å². The molecule has 1 aromatic carbocycles. The molecule has 19 heavy (non-hydrogen) atoms. The first-order valence-corrected chi connectivity index (χ1v) is 7.11. The highest BCUT2D eigenvalue weighted by atomic mass is 35.5. The summed E-state index contributed by atoms with van der Waals surface area (Å²) in [4.78, 5) is 11.9. The predicted molar refractivity (Wildman–Crippen MR) is 72.9 cm³/mol. The molecule has 0 radical (unpaired) electrons. The van der Waals surface area contributed by atoms with Crippen LogP contribution < -0.4 is 0 Å². The topological polar surface area (TPSA) is 26.3 Å². The second-order valence-corrected chi connectivity index (χ2v) is 5.33. The smallest absolute Gasteiger partial charge is 0.142 e. The van der Waals surface area contributed by atoms with Gasteiger partial charge in [-0.15, -0.1) is 0 Å². The molecule has 1 unspecified atom stereocenters. The van der Waals surface area contributed by atoms with Gasteiger partial charge in [0.15, 0.2) is 0 Å². The van der Waals surface area contributed by atoms with E-state index in [9.17, 15) is 9.18 Å². The number of ether oxygens (including phenoxy) is 1. The van der Waals surface area contributed by atoms with E-state index in [4.69, 9.17) is 16.3 Å². The monoisotopic (exact) mass is 284 g/mol. The number of rotatable bonds is 5. The van der Waals surface area contributed by atoms with Crippen molar-refractivity contribution in [1.82, 2.24) is 0 Å². The molecule has 1 heterocycles. The van der Waals surface area contributed by atoms with Crippen LogP contribution in [0.4, 0.5) is 4.39 Å². The molecule has 0 amide bonds. The summed E-state index contributed by atoms with van der Waals surface area (Å²) in [6.07, 6.45) is 4.96. The first kappa shape index (κ1) is 14.5. The SMILES string of the molecule is O=C(CCC1CCCCO1)Cc1cccc(F)c1Cl. The molecule has 1 fully saturated rings. The number of benzene rings is 1. The molecule has 1 aromatic rings. The highest BCUT2D eigenvalue weighted by Crippen LogP contribution is 2.22. The van der Waals surface area contributed by atoms with Crippen LogP contribution in [0.25, 0.3) is 0 Å². The minimum absolute atomic E-state index is 0.0600. The Morgan fingerprint density at radius 1 is 1.42 bits per heavy atom. The largest absolute Gasteiger partial charge is 0.378 e. The molecule has 1 atom stereocenters. The second kappa shape index (κ2) is 7.01. The lowest BCUT2D eigenvalue weighted by Crippen LogP contribution is -2.20. The molecule has 0 aromatic heterocycles. The molecule has 104 valence electrons. The fourth-order valence-corrected chi connectivity index (χ4v) is 2.54. The fraction of sp³-hybridized carbons (Fsp3) is 0.533. The minimum Gasteiger partial charge on any atom is -0.378 e. The van der Waals surface area contributed by atoms with E-state index in [1.165, 1.54) is 12.5 Å². The van der Waals surface area contributed by atoms with Crippen molar-refractivity contribution in [2.45, 2.75) is 44.6 Å². The summed E-state index contributed by atoms with van der Waals surface area (Å²) in [6.45, 7) is 0.800. The highest BCUT2D eigenvalue weighted by Gasteiger charge is 2.16. The van der Waals surface area contributed by atoms with Gasteiger partial charge in [0, 0.05) is 19.4 Å². The van der Waals surface area contributed by atoms with Crippen molar-refractivity contribution in [3.05, 3.63) is 34.6 Å². The zero-order valence-corrected chi connectivity index (χ0v) is 11.6. The van der Waals surface area contributed by atoms with Gasteiger partial charge in [0.25, 0.3) is 0 Å². The molecule has 1 aliphatic rings. The Labute approximate surface area is 117 Å². The summed E-state index contributed by atoms with van der Waals surface area (Å²) in [7, 11) is 0. The van der Waals surface area contributed by atoms with Crippen LogP contribution in [-0.2, 0) is 16.0 Å². The molecule has 2 rings (SSSR count). The Morgan fingerprint density at radius 2 is 2.26 bits per heavy atom. The molecule has 2 nitrogen and oxygen atoms in total. The van der Waals surface area contributed by atoms with Crippen molar-refractivity contribution in [2.75, 3.05) is 6.61 Å². The molecule has 1 aliphatic heterocycles. The summed E-state index contributed by atoms with van der Waals surface area (Å²) < 4.78 is 18.8. The summed E-state index contributed by atoms with van der Waals surface area (Å²) in [5.41, 5.74) is 0.566. The van der Waals surface area contributed by atoms with E-state index < -0.39 is 5.82 Å². The van der Waals surface area contributed by atoms with E-state index in [-0.39, 0.29) is 23.3 Å². The van der Waals surface area contributed by atoms with Crippen molar-refractivity contribution in [3.8, 4) is 0 Å². The molecule has 0 N–H and O–H groups in total. The zero-order chi connectivity index (χ0) is 13.7. The average molecular weight is 285 g/mol. The summed E-state index contributed by atoms with van der Waals surface area (Å²) in [5.74, 6) is -0.385. The molecule has 0 bridgehead atoms. The van der Waals surface area contributed by atoms with Gasteiger partial charge in [-0.3, -0.25) is 4.79 Å². The Balaban J connectivity index is 1.82. The molecular formula is C15H18ClFO2. The Hall–Kier alpha value is -0.930. The van der Waals surface area contributed by atoms with E-state index in [0.717, 1.165) is 25.9 Å². The van der Waals surface area contributed by atoms with Crippen LogP contribution in [0.5, 0.6) is 0 Å². The first-order chi connectivity index (χ1) is 9.16. The average Bonchev–Trinajstić information content (AvgIpc) is 2.43. The van der Waals surface area contributed by atoms with Gasteiger partial charge in [0.1, 0.15) is 11.6 Å². The van der Waals surface area contributed by atoms with E-state index in [2.05, 4.69) is 0 Å². The first-order valence-electron chi connectivity index (χ1n) is 6.73. The van der Waals surface area contributed by atoms with Gasteiger partial charge in [-0.2, -0.15) is 0 Å². The van der Waals surface area contributed by atoms with Crippen LogP contribution in [0.15, 0.2) is 18.2 Å². The Kier molecular flexibility index (Phi) is 5.34. The number of ketones is 1.